The van der Waals surface area contributed by atoms with Crippen LogP contribution in [0.1, 0.15) is 35.5 Å². The van der Waals surface area contributed by atoms with Gasteiger partial charge in [0.2, 0.25) is 0 Å². The van der Waals surface area contributed by atoms with Crippen LogP contribution in [0, 0.1) is 0 Å². The molecule has 0 aliphatic carbocycles. The molecule has 5 heteroatoms. The molecule has 0 atom stereocenters. The third-order valence-corrected chi connectivity index (χ3v) is 3.56. The van der Waals surface area contributed by atoms with Gasteiger partial charge in [-0.15, -0.1) is 0 Å². The van der Waals surface area contributed by atoms with E-state index in [1.54, 1.807) is 12.3 Å². The number of hydrogen-bond acceptors (Lipinski definition) is 3. The highest BCUT2D eigenvalue weighted by Gasteiger charge is 2.32. The number of aromatic amines is 1. The number of aromatic nitrogens is 2. The molecule has 0 fully saturated rings. The Hall–Kier alpha value is -2.30. The first-order valence-corrected chi connectivity index (χ1v) is 6.60. The van der Waals surface area contributed by atoms with Gasteiger partial charge in [-0.3, -0.25) is 9.89 Å². The summed E-state index contributed by atoms with van der Waals surface area (Å²) < 4.78 is 5.62. The molecule has 5 nitrogen and oxygen atoms in total. The molecule has 3 rings (SSSR count). The van der Waals surface area contributed by atoms with Crippen LogP contribution in [-0.2, 0) is 12.0 Å². The van der Waals surface area contributed by atoms with Crippen LogP contribution in [0.4, 0.5) is 0 Å². The largest absolute Gasteiger partial charge is 0.492 e. The van der Waals surface area contributed by atoms with Gasteiger partial charge in [-0.1, -0.05) is 13.8 Å². The molecule has 1 aliphatic rings. The fourth-order valence-corrected chi connectivity index (χ4v) is 2.32. The predicted molar refractivity (Wildman–Crippen MR) is 74.7 cm³/mol. The van der Waals surface area contributed by atoms with E-state index in [4.69, 9.17) is 4.74 Å². The summed E-state index contributed by atoms with van der Waals surface area (Å²) in [5.41, 5.74) is 2.58. The van der Waals surface area contributed by atoms with E-state index >= 15 is 0 Å². The number of hydrogen-bond donors (Lipinski definition) is 2. The number of rotatable bonds is 3. The quantitative estimate of drug-likeness (QED) is 0.897. The van der Waals surface area contributed by atoms with Crippen LogP contribution in [0.25, 0.3) is 0 Å². The van der Waals surface area contributed by atoms with Crippen molar-refractivity contribution in [1.29, 1.82) is 0 Å². The molecule has 2 heterocycles. The van der Waals surface area contributed by atoms with E-state index in [0.29, 0.717) is 18.7 Å². The van der Waals surface area contributed by atoms with Gasteiger partial charge in [0.1, 0.15) is 5.75 Å². The summed E-state index contributed by atoms with van der Waals surface area (Å²) in [6.45, 7) is 5.33. The van der Waals surface area contributed by atoms with Gasteiger partial charge in [-0.25, -0.2) is 0 Å². The molecule has 0 bridgehead atoms. The number of nitrogens with one attached hydrogen (secondary N) is 2. The van der Waals surface area contributed by atoms with Gasteiger partial charge in [0.15, 0.2) is 0 Å². The van der Waals surface area contributed by atoms with E-state index < -0.39 is 0 Å². The summed E-state index contributed by atoms with van der Waals surface area (Å²) in [5.74, 6) is 0.783. The van der Waals surface area contributed by atoms with Crippen molar-refractivity contribution >= 4 is 5.91 Å². The zero-order valence-corrected chi connectivity index (χ0v) is 11.6. The summed E-state index contributed by atoms with van der Waals surface area (Å²) in [6.07, 6.45) is 1.66. The number of fused-ring (bicyclic) bond motifs is 1. The third-order valence-electron chi connectivity index (χ3n) is 3.56. The van der Waals surface area contributed by atoms with Gasteiger partial charge in [-0.2, -0.15) is 5.10 Å². The molecule has 1 aromatic carbocycles. The van der Waals surface area contributed by atoms with Crippen LogP contribution in [-0.4, -0.2) is 22.7 Å². The molecule has 2 aromatic rings. The maximum atomic E-state index is 12.2. The number of nitrogens with zero attached hydrogens (tertiary/aromatic N) is 1. The number of ether oxygens (including phenoxy) is 1. The fraction of sp³-hybridized carbons (Fsp3) is 0.333. The number of benzene rings is 1. The van der Waals surface area contributed by atoms with Crippen molar-refractivity contribution in [3.05, 3.63) is 47.3 Å². The summed E-state index contributed by atoms with van der Waals surface area (Å²) in [5, 5.41) is 9.53. The van der Waals surface area contributed by atoms with Gasteiger partial charge in [0.25, 0.3) is 5.91 Å². The van der Waals surface area contributed by atoms with Crippen molar-refractivity contribution in [3.63, 3.8) is 0 Å². The lowest BCUT2D eigenvalue weighted by Crippen LogP contribution is -2.24. The van der Waals surface area contributed by atoms with Crippen LogP contribution in [0.15, 0.2) is 30.5 Å². The Bertz CT molecular complexity index is 633. The smallest absolute Gasteiger partial charge is 0.251 e. The molecule has 0 saturated carbocycles. The van der Waals surface area contributed by atoms with E-state index in [9.17, 15) is 4.79 Å². The third kappa shape index (κ3) is 2.27. The van der Waals surface area contributed by atoms with E-state index in [2.05, 4.69) is 29.4 Å². The highest BCUT2D eigenvalue weighted by atomic mass is 16.5. The summed E-state index contributed by atoms with van der Waals surface area (Å²) in [4.78, 5) is 12.2. The normalized spacial score (nSPS) is 15.5. The minimum absolute atomic E-state index is 0.0466. The van der Waals surface area contributed by atoms with Crippen LogP contribution in [0.2, 0.25) is 0 Å². The average Bonchev–Trinajstić information content (AvgIpc) is 3.04. The lowest BCUT2D eigenvalue weighted by atomic mass is 9.86. The van der Waals surface area contributed by atoms with Gasteiger partial charge in [0.05, 0.1) is 18.8 Å². The Balaban J connectivity index is 1.76. The first-order valence-electron chi connectivity index (χ1n) is 6.60. The lowest BCUT2D eigenvalue weighted by molar-refractivity contribution is 0.0950. The van der Waals surface area contributed by atoms with Crippen LogP contribution in [0.3, 0.4) is 0 Å². The maximum absolute atomic E-state index is 12.2. The van der Waals surface area contributed by atoms with Crippen molar-refractivity contribution in [3.8, 4) is 5.75 Å². The van der Waals surface area contributed by atoms with Crippen molar-refractivity contribution in [2.24, 2.45) is 0 Å². The summed E-state index contributed by atoms with van der Waals surface area (Å²) in [7, 11) is 0. The topological polar surface area (TPSA) is 67.0 Å². The fourth-order valence-electron chi connectivity index (χ4n) is 2.32. The number of H-pyrrole nitrogens is 1. The molecule has 1 aromatic heterocycles. The van der Waals surface area contributed by atoms with Crippen molar-refractivity contribution in [1.82, 2.24) is 15.5 Å². The molecular formula is C15H17N3O2. The minimum atomic E-state index is -0.0925. The second-order valence-electron chi connectivity index (χ2n) is 5.65. The monoisotopic (exact) mass is 271 g/mol. The molecule has 2 N–H and O–H groups in total. The highest BCUT2D eigenvalue weighted by molar-refractivity contribution is 5.94. The van der Waals surface area contributed by atoms with E-state index in [1.165, 1.54) is 0 Å². The molecule has 0 unspecified atom stereocenters. The molecule has 0 saturated heterocycles. The molecule has 0 spiro atoms. The number of carbonyl (C=O) groups excluding carboxylic acids is 1. The molecule has 0 radical (unpaired) electrons. The van der Waals surface area contributed by atoms with Crippen molar-refractivity contribution in [2.45, 2.75) is 25.8 Å². The van der Waals surface area contributed by atoms with Gasteiger partial charge < -0.3 is 10.1 Å². The molecule has 20 heavy (non-hydrogen) atoms. The van der Waals surface area contributed by atoms with Crippen LogP contribution < -0.4 is 10.1 Å². The number of amides is 1. The highest BCUT2D eigenvalue weighted by Crippen LogP contribution is 2.38. The first-order chi connectivity index (χ1) is 9.56. The predicted octanol–water partition coefficient (Wildman–Crippen LogP) is 2.01. The first kappa shape index (κ1) is 12.7. The zero-order chi connectivity index (χ0) is 14.2. The standard InChI is InChI=1S/C15H17N3O2/c1-15(2)9-20-13-4-3-10(7-12(13)15)14(19)16-8-11-5-6-17-18-11/h3-7H,8-9H2,1-2H3,(H,16,19)(H,17,18). The zero-order valence-electron chi connectivity index (χ0n) is 11.6. The Kier molecular flexibility index (Phi) is 2.97. The SMILES string of the molecule is CC1(C)COc2ccc(C(=O)NCc3ccn[nH]3)cc21. The Labute approximate surface area is 117 Å². The minimum Gasteiger partial charge on any atom is -0.492 e. The molecule has 104 valence electrons. The van der Waals surface area contributed by atoms with Crippen molar-refractivity contribution in [2.75, 3.05) is 6.61 Å². The average molecular weight is 271 g/mol. The Morgan fingerprint density at radius 1 is 1.45 bits per heavy atom. The second-order valence-corrected chi connectivity index (χ2v) is 5.65. The van der Waals surface area contributed by atoms with E-state index in [0.717, 1.165) is 17.0 Å². The molecular weight excluding hydrogens is 254 g/mol. The summed E-state index contributed by atoms with van der Waals surface area (Å²) in [6, 6.07) is 7.42. The van der Waals surface area contributed by atoms with Crippen LogP contribution >= 0.6 is 0 Å². The van der Waals surface area contributed by atoms with E-state index in [1.807, 2.05) is 18.2 Å². The van der Waals surface area contributed by atoms with Gasteiger partial charge >= 0.3 is 0 Å². The van der Waals surface area contributed by atoms with E-state index in [-0.39, 0.29) is 11.3 Å². The lowest BCUT2D eigenvalue weighted by Gasteiger charge is -2.15. The van der Waals surface area contributed by atoms with Gasteiger partial charge in [-0.05, 0) is 24.3 Å². The van der Waals surface area contributed by atoms with Crippen molar-refractivity contribution < 1.29 is 9.53 Å². The Morgan fingerprint density at radius 2 is 2.30 bits per heavy atom. The summed E-state index contributed by atoms with van der Waals surface area (Å²) >= 11 is 0. The van der Waals surface area contributed by atoms with Crippen LogP contribution in [0.5, 0.6) is 5.75 Å². The molecule has 1 amide bonds. The second kappa shape index (κ2) is 4.67. The Morgan fingerprint density at radius 3 is 3.05 bits per heavy atom. The van der Waals surface area contributed by atoms with Gasteiger partial charge in [0, 0.05) is 22.7 Å². The molecule has 1 aliphatic heterocycles. The number of carbonyl (C=O) groups is 1. The maximum Gasteiger partial charge on any atom is 0.251 e.